The molecule has 0 spiro atoms. The number of nitrogens with one attached hydrogen (secondary N) is 1. The molecule has 0 fully saturated rings. The molecule has 0 radical (unpaired) electrons. The predicted octanol–water partition coefficient (Wildman–Crippen LogP) is 1.52. The van der Waals surface area contributed by atoms with Crippen molar-refractivity contribution in [2.45, 2.75) is 4.90 Å². The number of amides is 1. The molecule has 0 atom stereocenters. The second kappa shape index (κ2) is 4.59. The lowest BCUT2D eigenvalue weighted by Crippen LogP contribution is -2.12. The zero-order valence-corrected chi connectivity index (χ0v) is 8.98. The van der Waals surface area contributed by atoms with Crippen molar-refractivity contribution in [2.24, 2.45) is 0 Å². The Hall–Kier alpha value is -1.14. The fraction of sp³-hybridized carbons (Fsp3) is 0.125. The van der Waals surface area contributed by atoms with Crippen LogP contribution in [0.4, 0.5) is 10.1 Å². The van der Waals surface area contributed by atoms with Crippen LogP contribution in [0.15, 0.2) is 29.2 Å². The first-order chi connectivity index (χ1) is 6.93. The Morgan fingerprint density at radius 2 is 1.87 bits per heavy atom. The Kier molecular flexibility index (Phi) is 3.65. The lowest BCUT2D eigenvalue weighted by atomic mass is 10.3. The van der Waals surface area contributed by atoms with Gasteiger partial charge in [-0.05, 0) is 24.3 Å². The van der Waals surface area contributed by atoms with Gasteiger partial charge in [0.2, 0.25) is 0 Å². The van der Waals surface area contributed by atoms with E-state index in [-0.39, 0.29) is 4.90 Å². The first kappa shape index (κ1) is 11.9. The molecule has 82 valence electrons. The predicted molar refractivity (Wildman–Crippen MR) is 54.1 cm³/mol. The molecule has 1 N–H and O–H groups in total. The number of alkyl halides is 1. The monoisotopic (exact) mass is 251 g/mol. The van der Waals surface area contributed by atoms with Crippen molar-refractivity contribution in [3.63, 3.8) is 0 Å². The second-order valence-electron chi connectivity index (χ2n) is 2.64. The number of anilines is 1. The molecule has 0 aliphatic rings. The van der Waals surface area contributed by atoms with E-state index in [1.807, 2.05) is 0 Å². The Balaban J connectivity index is 2.86. The van der Waals surface area contributed by atoms with Crippen LogP contribution in [0.2, 0.25) is 0 Å². The average molecular weight is 252 g/mol. The summed E-state index contributed by atoms with van der Waals surface area (Å²) in [6, 6.07) is 5.08. The number of benzene rings is 1. The highest BCUT2D eigenvalue weighted by Gasteiger charge is 2.09. The fourth-order valence-corrected chi connectivity index (χ4v) is 1.66. The van der Waals surface area contributed by atoms with Gasteiger partial charge in [-0.3, -0.25) is 4.79 Å². The normalized spacial score (nSPS) is 11.1. The topological polar surface area (TPSA) is 63.2 Å². The number of rotatable bonds is 3. The second-order valence-corrected chi connectivity index (χ2v) is 5.21. The quantitative estimate of drug-likeness (QED) is 0.829. The van der Waals surface area contributed by atoms with Crippen LogP contribution in [0.3, 0.4) is 0 Å². The summed E-state index contributed by atoms with van der Waals surface area (Å²) in [6.07, 6.45) is 0. The summed E-state index contributed by atoms with van der Waals surface area (Å²) in [5.74, 6) is -0.795. The molecule has 1 aromatic carbocycles. The van der Waals surface area contributed by atoms with Gasteiger partial charge in [-0.25, -0.2) is 12.8 Å². The molecular formula is C8H7ClFNO3S. The van der Waals surface area contributed by atoms with E-state index in [4.69, 9.17) is 10.7 Å². The van der Waals surface area contributed by atoms with Gasteiger partial charge in [-0.1, -0.05) is 0 Å². The summed E-state index contributed by atoms with van der Waals surface area (Å²) in [6.45, 7) is -1.13. The van der Waals surface area contributed by atoms with E-state index < -0.39 is 21.6 Å². The third-order valence-corrected chi connectivity index (χ3v) is 2.91. The number of hydrogen-bond donors (Lipinski definition) is 1. The van der Waals surface area contributed by atoms with Gasteiger partial charge in [0.25, 0.3) is 15.0 Å². The van der Waals surface area contributed by atoms with Crippen LogP contribution < -0.4 is 5.32 Å². The molecule has 0 heterocycles. The van der Waals surface area contributed by atoms with Crippen LogP contribution in [0.25, 0.3) is 0 Å². The van der Waals surface area contributed by atoms with Crippen LogP contribution >= 0.6 is 10.7 Å². The Morgan fingerprint density at radius 1 is 1.33 bits per heavy atom. The van der Waals surface area contributed by atoms with E-state index in [1.165, 1.54) is 24.3 Å². The minimum Gasteiger partial charge on any atom is -0.324 e. The molecule has 1 aromatic rings. The Labute approximate surface area is 90.5 Å². The summed E-state index contributed by atoms with van der Waals surface area (Å²) in [5.41, 5.74) is 0.307. The SMILES string of the molecule is O=C(CF)Nc1ccc(S(=O)(=O)Cl)cc1. The summed E-state index contributed by atoms with van der Waals surface area (Å²) in [4.78, 5) is 10.6. The van der Waals surface area contributed by atoms with Crippen molar-refractivity contribution in [1.82, 2.24) is 0 Å². The van der Waals surface area contributed by atoms with Gasteiger partial charge < -0.3 is 5.32 Å². The highest BCUT2D eigenvalue weighted by Crippen LogP contribution is 2.17. The lowest BCUT2D eigenvalue weighted by Gasteiger charge is -2.02. The van der Waals surface area contributed by atoms with Crippen LogP contribution in [0.5, 0.6) is 0 Å². The van der Waals surface area contributed by atoms with E-state index in [2.05, 4.69) is 5.32 Å². The van der Waals surface area contributed by atoms with Gasteiger partial charge in [0.15, 0.2) is 6.67 Å². The molecule has 1 rings (SSSR count). The molecular weight excluding hydrogens is 245 g/mol. The standard InChI is InChI=1S/C8H7ClFNO3S/c9-15(13,14)7-3-1-6(2-4-7)11-8(12)5-10/h1-4H,5H2,(H,11,12). The van der Waals surface area contributed by atoms with Crippen molar-refractivity contribution < 1.29 is 17.6 Å². The smallest absolute Gasteiger partial charge is 0.261 e. The maximum atomic E-state index is 11.8. The molecule has 0 aliphatic heterocycles. The van der Waals surface area contributed by atoms with Crippen molar-refractivity contribution in [2.75, 3.05) is 12.0 Å². The molecule has 1 amide bonds. The lowest BCUT2D eigenvalue weighted by molar-refractivity contribution is -0.117. The third kappa shape index (κ3) is 3.49. The molecule has 0 aliphatic carbocycles. The Morgan fingerprint density at radius 3 is 2.27 bits per heavy atom. The Bertz CT molecular complexity index is 457. The van der Waals surface area contributed by atoms with Crippen molar-refractivity contribution in [1.29, 1.82) is 0 Å². The van der Waals surface area contributed by atoms with Crippen LogP contribution in [-0.4, -0.2) is 21.0 Å². The largest absolute Gasteiger partial charge is 0.324 e. The van der Waals surface area contributed by atoms with Gasteiger partial charge >= 0.3 is 0 Å². The molecule has 0 unspecified atom stereocenters. The van der Waals surface area contributed by atoms with Crippen LogP contribution in [0.1, 0.15) is 0 Å². The minimum absolute atomic E-state index is 0.0811. The zero-order valence-electron chi connectivity index (χ0n) is 7.41. The molecule has 0 saturated carbocycles. The highest BCUT2D eigenvalue weighted by molar-refractivity contribution is 8.13. The van der Waals surface area contributed by atoms with E-state index >= 15 is 0 Å². The third-order valence-electron chi connectivity index (χ3n) is 1.54. The summed E-state index contributed by atoms with van der Waals surface area (Å²) in [5, 5.41) is 2.22. The molecule has 0 aromatic heterocycles. The van der Waals surface area contributed by atoms with Gasteiger partial charge in [0.1, 0.15) is 0 Å². The van der Waals surface area contributed by atoms with Crippen molar-refractivity contribution in [3.05, 3.63) is 24.3 Å². The van der Waals surface area contributed by atoms with Crippen molar-refractivity contribution in [3.8, 4) is 0 Å². The van der Waals surface area contributed by atoms with Crippen LogP contribution in [0, 0.1) is 0 Å². The van der Waals surface area contributed by atoms with Crippen LogP contribution in [-0.2, 0) is 13.8 Å². The van der Waals surface area contributed by atoms with E-state index in [0.717, 1.165) is 0 Å². The zero-order chi connectivity index (χ0) is 11.5. The van der Waals surface area contributed by atoms with Gasteiger partial charge in [0.05, 0.1) is 4.90 Å². The molecule has 15 heavy (non-hydrogen) atoms. The van der Waals surface area contributed by atoms with E-state index in [1.54, 1.807) is 0 Å². The van der Waals surface area contributed by atoms with Crippen molar-refractivity contribution >= 4 is 31.3 Å². The van der Waals surface area contributed by atoms with Gasteiger partial charge in [0, 0.05) is 16.4 Å². The number of hydrogen-bond acceptors (Lipinski definition) is 3. The summed E-state index contributed by atoms with van der Waals surface area (Å²) < 4.78 is 33.5. The van der Waals surface area contributed by atoms with Gasteiger partial charge in [-0.15, -0.1) is 0 Å². The maximum absolute atomic E-state index is 11.8. The molecule has 0 bridgehead atoms. The average Bonchev–Trinajstić information content (AvgIpc) is 2.17. The fourth-order valence-electron chi connectivity index (χ4n) is 0.895. The maximum Gasteiger partial charge on any atom is 0.261 e. The highest BCUT2D eigenvalue weighted by atomic mass is 35.7. The molecule has 0 saturated heterocycles. The first-order valence-corrected chi connectivity index (χ1v) is 6.15. The summed E-state index contributed by atoms with van der Waals surface area (Å²) in [7, 11) is 1.30. The minimum atomic E-state index is -3.77. The van der Waals surface area contributed by atoms with E-state index in [0.29, 0.717) is 5.69 Å². The van der Waals surface area contributed by atoms with Gasteiger partial charge in [-0.2, -0.15) is 0 Å². The first-order valence-electron chi connectivity index (χ1n) is 3.84. The number of carbonyl (C=O) groups is 1. The molecule has 4 nitrogen and oxygen atoms in total. The number of halogens is 2. The summed E-state index contributed by atoms with van der Waals surface area (Å²) >= 11 is 0. The number of carbonyl (C=O) groups excluding carboxylic acids is 1. The molecule has 7 heteroatoms. The van der Waals surface area contributed by atoms with E-state index in [9.17, 15) is 17.6 Å².